The maximum absolute atomic E-state index is 12.9. The number of hydrogen-bond acceptors (Lipinski definition) is 2. The maximum atomic E-state index is 12.9. The highest BCUT2D eigenvalue weighted by molar-refractivity contribution is 5.47. The molecular weight excluding hydrogens is 227 g/mol. The van der Waals surface area contributed by atoms with Gasteiger partial charge in [-0.1, -0.05) is 24.3 Å². The minimum Gasteiger partial charge on any atom is -0.377 e. The number of nitrogens with one attached hydrogen (secondary N) is 1. The van der Waals surface area contributed by atoms with E-state index in [0.29, 0.717) is 6.54 Å². The Bertz CT molecular complexity index is 508. The van der Waals surface area contributed by atoms with Crippen molar-refractivity contribution in [3.05, 3.63) is 65.5 Å². The Balaban J connectivity index is 2.17. The van der Waals surface area contributed by atoms with Gasteiger partial charge in [-0.2, -0.15) is 0 Å². The Morgan fingerprint density at radius 2 is 1.89 bits per heavy atom. The number of aryl methyl sites for hydroxylation is 1. The Hall–Kier alpha value is -1.87. The molecule has 0 saturated carbocycles. The molecule has 0 aliphatic carbocycles. The van der Waals surface area contributed by atoms with Crippen molar-refractivity contribution in [3.8, 4) is 0 Å². The summed E-state index contributed by atoms with van der Waals surface area (Å²) in [6.07, 6.45) is 0. The lowest BCUT2D eigenvalue weighted by Crippen LogP contribution is -2.20. The van der Waals surface area contributed by atoms with Gasteiger partial charge in [0.25, 0.3) is 0 Å². The monoisotopic (exact) mass is 244 g/mol. The standard InChI is InChI=1S/C15H17FN2/c1-11-3-2-4-14(9-11)18-15(10-17)12-5-7-13(16)8-6-12/h2-9,15,18H,10,17H2,1H3. The van der Waals surface area contributed by atoms with Crippen molar-refractivity contribution < 1.29 is 4.39 Å². The molecule has 0 amide bonds. The quantitative estimate of drug-likeness (QED) is 0.866. The second-order valence-electron chi connectivity index (χ2n) is 4.35. The number of hydrogen-bond donors (Lipinski definition) is 2. The first-order chi connectivity index (χ1) is 8.69. The van der Waals surface area contributed by atoms with Gasteiger partial charge >= 0.3 is 0 Å². The van der Waals surface area contributed by atoms with E-state index in [-0.39, 0.29) is 11.9 Å². The van der Waals surface area contributed by atoms with Gasteiger partial charge in [0.15, 0.2) is 0 Å². The van der Waals surface area contributed by atoms with Gasteiger partial charge in [-0.15, -0.1) is 0 Å². The molecule has 1 atom stereocenters. The highest BCUT2D eigenvalue weighted by atomic mass is 19.1. The normalized spacial score (nSPS) is 12.2. The minimum absolute atomic E-state index is 0.00704. The van der Waals surface area contributed by atoms with Gasteiger partial charge in [-0.25, -0.2) is 4.39 Å². The maximum Gasteiger partial charge on any atom is 0.123 e. The third-order valence-corrected chi connectivity index (χ3v) is 2.87. The molecule has 0 heterocycles. The molecule has 0 fully saturated rings. The van der Waals surface area contributed by atoms with Crippen LogP contribution in [0.5, 0.6) is 0 Å². The fraction of sp³-hybridized carbons (Fsp3) is 0.200. The van der Waals surface area contributed by atoms with Gasteiger partial charge in [-0.05, 0) is 42.3 Å². The first-order valence-electron chi connectivity index (χ1n) is 5.98. The molecule has 0 spiro atoms. The van der Waals surface area contributed by atoms with Crippen molar-refractivity contribution in [2.75, 3.05) is 11.9 Å². The highest BCUT2D eigenvalue weighted by Gasteiger charge is 2.09. The molecule has 2 nitrogen and oxygen atoms in total. The van der Waals surface area contributed by atoms with Crippen LogP contribution in [0, 0.1) is 12.7 Å². The van der Waals surface area contributed by atoms with Gasteiger partial charge in [0.05, 0.1) is 6.04 Å². The predicted octanol–water partition coefficient (Wildman–Crippen LogP) is 3.25. The smallest absolute Gasteiger partial charge is 0.123 e. The summed E-state index contributed by atoms with van der Waals surface area (Å²) < 4.78 is 12.9. The molecular formula is C15H17FN2. The topological polar surface area (TPSA) is 38.0 Å². The van der Waals surface area contributed by atoms with E-state index >= 15 is 0 Å². The summed E-state index contributed by atoms with van der Waals surface area (Å²) in [5.41, 5.74) is 8.97. The van der Waals surface area contributed by atoms with Crippen LogP contribution in [0.25, 0.3) is 0 Å². The summed E-state index contributed by atoms with van der Waals surface area (Å²) >= 11 is 0. The van der Waals surface area contributed by atoms with E-state index in [1.54, 1.807) is 12.1 Å². The highest BCUT2D eigenvalue weighted by Crippen LogP contribution is 2.19. The van der Waals surface area contributed by atoms with Crippen molar-refractivity contribution in [3.63, 3.8) is 0 Å². The first kappa shape index (κ1) is 12.6. The lowest BCUT2D eigenvalue weighted by atomic mass is 10.1. The lowest BCUT2D eigenvalue weighted by Gasteiger charge is -2.19. The molecule has 0 radical (unpaired) electrons. The van der Waals surface area contributed by atoms with Crippen LogP contribution in [0.2, 0.25) is 0 Å². The summed E-state index contributed by atoms with van der Waals surface area (Å²) in [6, 6.07) is 14.5. The predicted molar refractivity (Wildman–Crippen MR) is 73.0 cm³/mol. The molecule has 3 N–H and O–H groups in total. The molecule has 18 heavy (non-hydrogen) atoms. The summed E-state index contributed by atoms with van der Waals surface area (Å²) in [4.78, 5) is 0. The minimum atomic E-state index is -0.231. The molecule has 1 unspecified atom stereocenters. The van der Waals surface area contributed by atoms with Crippen LogP contribution in [-0.2, 0) is 0 Å². The number of anilines is 1. The van der Waals surface area contributed by atoms with Crippen LogP contribution in [-0.4, -0.2) is 6.54 Å². The van der Waals surface area contributed by atoms with Gasteiger partial charge in [-0.3, -0.25) is 0 Å². The fourth-order valence-electron chi connectivity index (χ4n) is 1.91. The Kier molecular flexibility index (Phi) is 3.95. The Labute approximate surface area is 107 Å². The van der Waals surface area contributed by atoms with Crippen molar-refractivity contribution in [2.24, 2.45) is 5.73 Å². The molecule has 0 aliphatic rings. The number of nitrogens with two attached hydrogens (primary N) is 1. The number of rotatable bonds is 4. The van der Waals surface area contributed by atoms with E-state index in [9.17, 15) is 4.39 Å². The molecule has 0 aromatic heterocycles. The summed E-state index contributed by atoms with van der Waals surface area (Å²) in [5.74, 6) is -0.231. The van der Waals surface area contributed by atoms with Crippen molar-refractivity contribution >= 4 is 5.69 Å². The number of benzene rings is 2. The third-order valence-electron chi connectivity index (χ3n) is 2.87. The molecule has 2 rings (SSSR count). The zero-order valence-corrected chi connectivity index (χ0v) is 10.4. The van der Waals surface area contributed by atoms with Crippen LogP contribution in [0.3, 0.4) is 0 Å². The van der Waals surface area contributed by atoms with E-state index in [2.05, 4.69) is 11.4 Å². The van der Waals surface area contributed by atoms with E-state index < -0.39 is 0 Å². The summed E-state index contributed by atoms with van der Waals surface area (Å²) in [7, 11) is 0. The average Bonchev–Trinajstić information content (AvgIpc) is 2.37. The Morgan fingerprint density at radius 3 is 2.50 bits per heavy atom. The van der Waals surface area contributed by atoms with Crippen LogP contribution < -0.4 is 11.1 Å². The molecule has 0 bridgehead atoms. The fourth-order valence-corrected chi connectivity index (χ4v) is 1.91. The van der Waals surface area contributed by atoms with Crippen LogP contribution in [0.4, 0.5) is 10.1 Å². The van der Waals surface area contributed by atoms with Crippen molar-refractivity contribution in [1.29, 1.82) is 0 Å². The van der Waals surface area contributed by atoms with Gasteiger partial charge in [0.2, 0.25) is 0 Å². The molecule has 3 heteroatoms. The lowest BCUT2D eigenvalue weighted by molar-refractivity contribution is 0.626. The van der Waals surface area contributed by atoms with Crippen molar-refractivity contribution in [1.82, 2.24) is 0 Å². The van der Waals surface area contributed by atoms with Crippen molar-refractivity contribution in [2.45, 2.75) is 13.0 Å². The summed E-state index contributed by atoms with van der Waals surface area (Å²) in [5, 5.41) is 3.36. The molecule has 2 aromatic rings. The molecule has 94 valence electrons. The average molecular weight is 244 g/mol. The molecule has 2 aromatic carbocycles. The first-order valence-corrected chi connectivity index (χ1v) is 5.98. The van der Waals surface area contributed by atoms with Gasteiger partial charge in [0, 0.05) is 12.2 Å². The van der Waals surface area contributed by atoms with Crippen LogP contribution in [0.1, 0.15) is 17.2 Å². The van der Waals surface area contributed by atoms with Gasteiger partial charge in [0.1, 0.15) is 5.82 Å². The largest absolute Gasteiger partial charge is 0.377 e. The molecule has 0 aliphatic heterocycles. The Morgan fingerprint density at radius 1 is 1.17 bits per heavy atom. The third kappa shape index (κ3) is 3.08. The van der Waals surface area contributed by atoms with Gasteiger partial charge < -0.3 is 11.1 Å². The second-order valence-corrected chi connectivity index (χ2v) is 4.35. The molecule has 0 saturated heterocycles. The summed E-state index contributed by atoms with van der Waals surface area (Å²) in [6.45, 7) is 2.50. The van der Waals surface area contributed by atoms with Crippen LogP contribution >= 0.6 is 0 Å². The van der Waals surface area contributed by atoms with E-state index in [1.807, 2.05) is 25.1 Å². The van der Waals surface area contributed by atoms with E-state index in [1.165, 1.54) is 17.7 Å². The SMILES string of the molecule is Cc1cccc(NC(CN)c2ccc(F)cc2)c1. The van der Waals surface area contributed by atoms with E-state index in [4.69, 9.17) is 5.73 Å². The van der Waals surface area contributed by atoms with E-state index in [0.717, 1.165) is 11.3 Å². The zero-order chi connectivity index (χ0) is 13.0. The number of halogens is 1. The zero-order valence-electron chi connectivity index (χ0n) is 10.4. The van der Waals surface area contributed by atoms with Crippen LogP contribution in [0.15, 0.2) is 48.5 Å². The second kappa shape index (κ2) is 5.65.